The van der Waals surface area contributed by atoms with Crippen molar-refractivity contribution in [3.05, 3.63) is 33.8 Å². The summed E-state index contributed by atoms with van der Waals surface area (Å²) >= 11 is 3.45. The number of hydrogen-bond donors (Lipinski definition) is 1. The van der Waals surface area contributed by atoms with E-state index in [9.17, 15) is 9.59 Å². The molecule has 0 bridgehead atoms. The fraction of sp³-hybridized carbons (Fsp3) is 0.467. The molecule has 1 aliphatic rings. The second-order valence-corrected chi connectivity index (χ2v) is 5.98. The molecule has 0 spiro atoms. The molecule has 1 unspecified atom stereocenters. The van der Waals surface area contributed by atoms with E-state index in [2.05, 4.69) is 15.9 Å². The minimum atomic E-state index is -0.849. The summed E-state index contributed by atoms with van der Waals surface area (Å²) in [4.78, 5) is 25.3. The van der Waals surface area contributed by atoms with Crippen LogP contribution in [0.25, 0.3) is 0 Å². The van der Waals surface area contributed by atoms with Gasteiger partial charge in [-0.15, -0.1) is 0 Å². The van der Waals surface area contributed by atoms with Gasteiger partial charge in [0.15, 0.2) is 0 Å². The Balaban J connectivity index is 2.25. The highest BCUT2D eigenvalue weighted by Gasteiger charge is 2.30. The van der Waals surface area contributed by atoms with Gasteiger partial charge in [-0.05, 0) is 53.7 Å². The van der Waals surface area contributed by atoms with E-state index in [0.29, 0.717) is 12.1 Å². The number of piperidine rings is 1. The topological polar surface area (TPSA) is 57.6 Å². The Kier molecular flexibility index (Phi) is 4.81. The average Bonchev–Trinajstić information content (AvgIpc) is 2.41. The molecule has 1 aromatic carbocycles. The maximum Gasteiger partial charge on any atom is 0.305 e. The van der Waals surface area contributed by atoms with E-state index in [1.807, 2.05) is 19.1 Å². The van der Waals surface area contributed by atoms with Crippen LogP contribution in [0.15, 0.2) is 22.7 Å². The molecule has 1 saturated heterocycles. The third-order valence-electron chi connectivity index (χ3n) is 3.72. The lowest BCUT2D eigenvalue weighted by atomic mass is 9.98. The van der Waals surface area contributed by atoms with Crippen molar-refractivity contribution in [3.63, 3.8) is 0 Å². The SMILES string of the molecule is Cc1cccc(C(=O)N2CCCCC2CC(=O)O)c1Br. The summed E-state index contributed by atoms with van der Waals surface area (Å²) in [7, 11) is 0. The maximum absolute atomic E-state index is 12.7. The number of amides is 1. The van der Waals surface area contributed by atoms with E-state index < -0.39 is 5.97 Å². The zero-order valence-corrected chi connectivity index (χ0v) is 13.0. The van der Waals surface area contributed by atoms with E-state index in [0.717, 1.165) is 29.3 Å². The molecular formula is C15H18BrNO3. The molecule has 0 aromatic heterocycles. The average molecular weight is 340 g/mol. The quantitative estimate of drug-likeness (QED) is 0.919. The van der Waals surface area contributed by atoms with Crippen molar-refractivity contribution in [1.29, 1.82) is 0 Å². The molecule has 1 fully saturated rings. The molecular weight excluding hydrogens is 322 g/mol. The van der Waals surface area contributed by atoms with Crippen LogP contribution in [0, 0.1) is 6.92 Å². The lowest BCUT2D eigenvalue weighted by Crippen LogP contribution is -2.44. The number of hydrogen-bond acceptors (Lipinski definition) is 2. The predicted molar refractivity (Wildman–Crippen MR) is 79.8 cm³/mol. The summed E-state index contributed by atoms with van der Waals surface area (Å²) in [6.45, 7) is 2.57. The molecule has 1 amide bonds. The molecule has 1 aliphatic heterocycles. The first-order valence-electron chi connectivity index (χ1n) is 6.78. The Hall–Kier alpha value is -1.36. The highest BCUT2D eigenvalue weighted by molar-refractivity contribution is 9.10. The van der Waals surface area contributed by atoms with Crippen molar-refractivity contribution in [1.82, 2.24) is 4.90 Å². The maximum atomic E-state index is 12.7. The van der Waals surface area contributed by atoms with Gasteiger partial charge in [-0.2, -0.15) is 0 Å². The molecule has 1 heterocycles. The Morgan fingerprint density at radius 1 is 1.40 bits per heavy atom. The van der Waals surface area contributed by atoms with Gasteiger partial charge < -0.3 is 10.0 Å². The van der Waals surface area contributed by atoms with Gasteiger partial charge in [0.05, 0.1) is 12.0 Å². The molecule has 4 nitrogen and oxygen atoms in total. The molecule has 1 atom stereocenters. The first-order valence-corrected chi connectivity index (χ1v) is 7.58. The minimum Gasteiger partial charge on any atom is -0.481 e. The molecule has 5 heteroatoms. The number of benzene rings is 1. The number of likely N-dealkylation sites (tertiary alicyclic amines) is 1. The second kappa shape index (κ2) is 6.39. The number of rotatable bonds is 3. The third-order valence-corrected chi connectivity index (χ3v) is 4.77. The number of carboxylic acid groups (broad SMARTS) is 1. The van der Waals surface area contributed by atoms with Gasteiger partial charge in [-0.1, -0.05) is 12.1 Å². The second-order valence-electron chi connectivity index (χ2n) is 5.18. The van der Waals surface area contributed by atoms with Crippen LogP contribution in [0.2, 0.25) is 0 Å². The van der Waals surface area contributed by atoms with Crippen LogP contribution in [-0.4, -0.2) is 34.5 Å². The Bertz CT molecular complexity index is 530. The summed E-state index contributed by atoms with van der Waals surface area (Å²) in [6.07, 6.45) is 2.71. The molecule has 2 rings (SSSR count). The summed E-state index contributed by atoms with van der Waals surface area (Å²) in [5, 5.41) is 8.99. The number of aryl methyl sites for hydroxylation is 1. The minimum absolute atomic E-state index is 0.0230. The fourth-order valence-corrected chi connectivity index (χ4v) is 3.08. The van der Waals surface area contributed by atoms with Gasteiger partial charge in [0, 0.05) is 17.1 Å². The molecule has 1 aromatic rings. The van der Waals surface area contributed by atoms with Crippen molar-refractivity contribution in [2.45, 2.75) is 38.6 Å². The van der Waals surface area contributed by atoms with Crippen molar-refractivity contribution in [3.8, 4) is 0 Å². The zero-order valence-electron chi connectivity index (χ0n) is 11.4. The standard InChI is InChI=1S/C15H18BrNO3/c1-10-5-4-7-12(14(10)16)15(20)17-8-3-2-6-11(17)9-13(18)19/h4-5,7,11H,2-3,6,8-9H2,1H3,(H,18,19). The van der Waals surface area contributed by atoms with Gasteiger partial charge >= 0.3 is 5.97 Å². The first kappa shape index (κ1) is 15.0. The van der Waals surface area contributed by atoms with Gasteiger partial charge in [-0.25, -0.2) is 0 Å². The van der Waals surface area contributed by atoms with E-state index in [4.69, 9.17) is 5.11 Å². The number of carboxylic acids is 1. The number of nitrogens with zero attached hydrogens (tertiary/aromatic N) is 1. The summed E-state index contributed by atoms with van der Waals surface area (Å²) in [5.74, 6) is -0.926. The van der Waals surface area contributed by atoms with Crippen LogP contribution in [-0.2, 0) is 4.79 Å². The van der Waals surface area contributed by atoms with E-state index in [1.54, 1.807) is 11.0 Å². The lowest BCUT2D eigenvalue weighted by molar-refractivity contribution is -0.138. The van der Waals surface area contributed by atoms with Crippen LogP contribution < -0.4 is 0 Å². The Morgan fingerprint density at radius 2 is 2.15 bits per heavy atom. The van der Waals surface area contributed by atoms with E-state index in [-0.39, 0.29) is 18.4 Å². The lowest BCUT2D eigenvalue weighted by Gasteiger charge is -2.35. The van der Waals surface area contributed by atoms with Gasteiger partial charge in [0.2, 0.25) is 0 Å². The smallest absolute Gasteiger partial charge is 0.305 e. The zero-order chi connectivity index (χ0) is 14.7. The number of carbonyl (C=O) groups is 2. The van der Waals surface area contributed by atoms with Crippen molar-refractivity contribution in [2.75, 3.05) is 6.54 Å². The van der Waals surface area contributed by atoms with Crippen LogP contribution >= 0.6 is 15.9 Å². The Morgan fingerprint density at radius 3 is 2.85 bits per heavy atom. The first-order chi connectivity index (χ1) is 9.50. The van der Waals surface area contributed by atoms with Crippen LogP contribution in [0.3, 0.4) is 0 Å². The predicted octanol–water partition coefficient (Wildman–Crippen LogP) is 3.23. The van der Waals surface area contributed by atoms with Crippen LogP contribution in [0.4, 0.5) is 0 Å². The van der Waals surface area contributed by atoms with E-state index in [1.165, 1.54) is 0 Å². The molecule has 108 valence electrons. The summed E-state index contributed by atoms with van der Waals surface area (Å²) in [6, 6.07) is 5.38. The van der Waals surface area contributed by atoms with Crippen LogP contribution in [0.1, 0.15) is 41.6 Å². The molecule has 20 heavy (non-hydrogen) atoms. The van der Waals surface area contributed by atoms with Crippen LogP contribution in [0.5, 0.6) is 0 Å². The normalized spacial score (nSPS) is 18.9. The van der Waals surface area contributed by atoms with Crippen molar-refractivity contribution >= 4 is 27.8 Å². The van der Waals surface area contributed by atoms with Crippen molar-refractivity contribution in [2.24, 2.45) is 0 Å². The van der Waals surface area contributed by atoms with Gasteiger partial charge in [-0.3, -0.25) is 9.59 Å². The highest BCUT2D eigenvalue weighted by atomic mass is 79.9. The molecule has 0 radical (unpaired) electrons. The van der Waals surface area contributed by atoms with E-state index >= 15 is 0 Å². The van der Waals surface area contributed by atoms with Gasteiger partial charge in [0.1, 0.15) is 0 Å². The number of halogens is 1. The third kappa shape index (κ3) is 3.20. The van der Waals surface area contributed by atoms with Crippen molar-refractivity contribution < 1.29 is 14.7 Å². The summed E-state index contributed by atoms with van der Waals surface area (Å²) in [5.41, 5.74) is 1.62. The highest BCUT2D eigenvalue weighted by Crippen LogP contribution is 2.27. The molecule has 0 saturated carbocycles. The monoisotopic (exact) mass is 339 g/mol. The Labute approximate surface area is 126 Å². The summed E-state index contributed by atoms with van der Waals surface area (Å²) < 4.78 is 0.796. The fourth-order valence-electron chi connectivity index (χ4n) is 2.65. The number of aliphatic carboxylic acids is 1. The largest absolute Gasteiger partial charge is 0.481 e. The van der Waals surface area contributed by atoms with Gasteiger partial charge in [0.25, 0.3) is 5.91 Å². The molecule has 0 aliphatic carbocycles. The number of carbonyl (C=O) groups excluding carboxylic acids is 1. The molecule has 1 N–H and O–H groups in total.